The molecule has 156 valence electrons. The molecule has 1 aromatic heterocycles. The van der Waals surface area contributed by atoms with Crippen molar-refractivity contribution in [3.63, 3.8) is 0 Å². The van der Waals surface area contributed by atoms with Gasteiger partial charge in [0.2, 0.25) is 0 Å². The van der Waals surface area contributed by atoms with E-state index in [0.29, 0.717) is 32.9 Å². The zero-order valence-electron chi connectivity index (χ0n) is 17.0. The van der Waals surface area contributed by atoms with Gasteiger partial charge >= 0.3 is 0 Å². The molecule has 0 spiro atoms. The highest BCUT2D eigenvalue weighted by Gasteiger charge is 2.20. The number of thiazole rings is 1. The van der Waals surface area contributed by atoms with Crippen molar-refractivity contribution in [3.05, 3.63) is 63.1 Å². The number of amides is 1. The number of halogens is 1. The third-order valence-electron chi connectivity index (χ3n) is 4.86. The summed E-state index contributed by atoms with van der Waals surface area (Å²) < 4.78 is 11.0. The largest absolute Gasteiger partial charge is 0.496 e. The Labute approximate surface area is 184 Å². The van der Waals surface area contributed by atoms with Gasteiger partial charge in [-0.05, 0) is 42.3 Å². The van der Waals surface area contributed by atoms with E-state index in [1.165, 1.54) is 16.9 Å². The number of hydrogen-bond acceptors (Lipinski definition) is 6. The maximum Gasteiger partial charge on any atom is 0.277 e. The van der Waals surface area contributed by atoms with Crippen LogP contribution in [0.2, 0.25) is 5.02 Å². The van der Waals surface area contributed by atoms with Crippen molar-refractivity contribution in [2.75, 3.05) is 20.8 Å². The molecule has 0 saturated carbocycles. The zero-order valence-corrected chi connectivity index (χ0v) is 18.6. The molecular formula is C22H22ClN3O3S. The molecule has 0 aliphatic carbocycles. The smallest absolute Gasteiger partial charge is 0.277 e. The van der Waals surface area contributed by atoms with Crippen molar-refractivity contribution in [1.29, 1.82) is 0 Å². The van der Waals surface area contributed by atoms with Gasteiger partial charge in [0.1, 0.15) is 21.4 Å². The van der Waals surface area contributed by atoms with Gasteiger partial charge in [-0.15, -0.1) is 11.3 Å². The van der Waals surface area contributed by atoms with E-state index in [2.05, 4.69) is 16.5 Å². The Kier molecular flexibility index (Phi) is 5.94. The maximum absolute atomic E-state index is 12.9. The van der Waals surface area contributed by atoms with Gasteiger partial charge in [0.25, 0.3) is 5.91 Å². The Bertz CT molecular complexity index is 1100. The van der Waals surface area contributed by atoms with Crippen LogP contribution in [-0.2, 0) is 13.0 Å². The summed E-state index contributed by atoms with van der Waals surface area (Å²) in [5, 5.41) is 3.08. The second-order valence-corrected chi connectivity index (χ2v) is 8.55. The summed E-state index contributed by atoms with van der Waals surface area (Å²) in [4.78, 5) is 18.0. The fraction of sp³-hybridized carbons (Fsp3) is 0.273. The number of aryl methyl sites for hydroxylation is 1. The van der Waals surface area contributed by atoms with Crippen LogP contribution in [0.15, 0.2) is 36.4 Å². The molecule has 4 rings (SSSR count). The number of carbonyl (C=O) groups is 1. The van der Waals surface area contributed by atoms with Crippen LogP contribution in [0.25, 0.3) is 10.6 Å². The number of fused-ring (bicyclic) bond motifs is 1. The molecule has 0 atom stereocenters. The molecule has 0 saturated heterocycles. The molecule has 2 aromatic carbocycles. The summed E-state index contributed by atoms with van der Waals surface area (Å²) in [6.07, 6.45) is 0.927. The minimum Gasteiger partial charge on any atom is -0.496 e. The Balaban J connectivity index is 1.47. The highest BCUT2D eigenvalue weighted by molar-refractivity contribution is 7.17. The molecule has 0 bridgehead atoms. The summed E-state index contributed by atoms with van der Waals surface area (Å²) in [6, 6.07) is 11.5. The third kappa shape index (κ3) is 4.28. The first-order valence-electron chi connectivity index (χ1n) is 9.52. The molecule has 1 aliphatic heterocycles. The monoisotopic (exact) mass is 443 g/mol. The first kappa shape index (κ1) is 20.7. The van der Waals surface area contributed by atoms with Crippen molar-refractivity contribution in [2.45, 2.75) is 19.9 Å². The van der Waals surface area contributed by atoms with E-state index >= 15 is 0 Å². The number of methoxy groups -OCH3 is 1. The number of benzene rings is 2. The van der Waals surface area contributed by atoms with Crippen LogP contribution in [0.4, 0.5) is 0 Å². The van der Waals surface area contributed by atoms with Gasteiger partial charge in [-0.1, -0.05) is 23.7 Å². The quantitative estimate of drug-likeness (QED) is 0.568. The van der Waals surface area contributed by atoms with E-state index in [-0.39, 0.29) is 5.91 Å². The molecule has 1 aliphatic rings. The van der Waals surface area contributed by atoms with Crippen LogP contribution in [-0.4, -0.2) is 36.7 Å². The van der Waals surface area contributed by atoms with Crippen molar-refractivity contribution in [1.82, 2.24) is 15.4 Å². The van der Waals surface area contributed by atoms with Crippen molar-refractivity contribution < 1.29 is 14.3 Å². The molecule has 8 heteroatoms. The number of hydrazine groups is 1. The van der Waals surface area contributed by atoms with E-state index < -0.39 is 0 Å². The van der Waals surface area contributed by atoms with Crippen LogP contribution < -0.4 is 14.9 Å². The first-order valence-corrected chi connectivity index (χ1v) is 10.7. The summed E-state index contributed by atoms with van der Waals surface area (Å²) >= 11 is 7.38. The zero-order chi connectivity index (χ0) is 21.3. The number of ether oxygens (including phenoxy) is 2. The summed E-state index contributed by atoms with van der Waals surface area (Å²) in [7, 11) is 3.43. The van der Waals surface area contributed by atoms with Crippen LogP contribution in [0.1, 0.15) is 26.5 Å². The Morgan fingerprint density at radius 2 is 2.17 bits per heavy atom. The van der Waals surface area contributed by atoms with E-state index in [0.717, 1.165) is 29.9 Å². The van der Waals surface area contributed by atoms with E-state index in [1.54, 1.807) is 24.3 Å². The standard InChI is InChI=1S/C22H22ClN3O3S/c1-13-20(30-22(24-13)17-6-5-16(23)11-19(17)28-3)21(27)25-26(2)12-14-4-7-18-15(10-14)8-9-29-18/h4-7,10-11H,8-9,12H2,1-3H3,(H,25,27). The summed E-state index contributed by atoms with van der Waals surface area (Å²) in [6.45, 7) is 3.16. The van der Waals surface area contributed by atoms with Crippen molar-refractivity contribution in [2.24, 2.45) is 0 Å². The SMILES string of the molecule is COc1cc(Cl)ccc1-c1nc(C)c(C(=O)NN(C)Cc2ccc3c(c2)CCO3)s1. The van der Waals surface area contributed by atoms with E-state index in [4.69, 9.17) is 21.1 Å². The number of carbonyl (C=O) groups excluding carboxylic acids is 1. The molecule has 1 amide bonds. The van der Waals surface area contributed by atoms with Gasteiger partial charge in [0.05, 0.1) is 25.0 Å². The fourth-order valence-corrected chi connectivity index (χ4v) is 4.59. The van der Waals surface area contributed by atoms with E-state index in [1.807, 2.05) is 32.2 Å². The predicted octanol–water partition coefficient (Wildman–Crippen LogP) is 4.49. The molecule has 0 fully saturated rings. The topological polar surface area (TPSA) is 63.7 Å². The van der Waals surface area contributed by atoms with E-state index in [9.17, 15) is 4.79 Å². The summed E-state index contributed by atoms with van der Waals surface area (Å²) in [5.41, 5.74) is 6.75. The average molecular weight is 444 g/mol. The molecule has 2 heterocycles. The Hall–Kier alpha value is -2.61. The molecule has 1 N–H and O–H groups in total. The fourth-order valence-electron chi connectivity index (χ4n) is 3.44. The molecule has 0 radical (unpaired) electrons. The predicted molar refractivity (Wildman–Crippen MR) is 118 cm³/mol. The second-order valence-electron chi connectivity index (χ2n) is 7.12. The Morgan fingerprint density at radius 3 is 2.97 bits per heavy atom. The van der Waals surface area contributed by atoms with Gasteiger partial charge in [-0.2, -0.15) is 0 Å². The number of nitrogens with zero attached hydrogens (tertiary/aromatic N) is 2. The van der Waals surface area contributed by atoms with Gasteiger partial charge in [-0.3, -0.25) is 10.2 Å². The van der Waals surface area contributed by atoms with Crippen molar-refractivity contribution >= 4 is 28.8 Å². The van der Waals surface area contributed by atoms with Crippen LogP contribution >= 0.6 is 22.9 Å². The molecular weight excluding hydrogens is 422 g/mol. The molecule has 0 unspecified atom stereocenters. The number of aromatic nitrogens is 1. The van der Waals surface area contributed by atoms with Crippen molar-refractivity contribution in [3.8, 4) is 22.1 Å². The van der Waals surface area contributed by atoms with Gasteiger partial charge in [0.15, 0.2) is 0 Å². The lowest BCUT2D eigenvalue weighted by Gasteiger charge is -2.18. The average Bonchev–Trinajstić information content (AvgIpc) is 3.33. The second kappa shape index (κ2) is 8.63. The van der Waals surface area contributed by atoms with Crippen LogP contribution in [0, 0.1) is 6.92 Å². The molecule has 3 aromatic rings. The number of nitrogens with one attached hydrogen (secondary N) is 1. The lowest BCUT2D eigenvalue weighted by Crippen LogP contribution is -2.38. The lowest BCUT2D eigenvalue weighted by molar-refractivity contribution is 0.0823. The van der Waals surface area contributed by atoms with Gasteiger partial charge < -0.3 is 9.47 Å². The molecule has 30 heavy (non-hydrogen) atoms. The van der Waals surface area contributed by atoms with Crippen LogP contribution in [0.3, 0.4) is 0 Å². The minimum atomic E-state index is -0.184. The summed E-state index contributed by atoms with van der Waals surface area (Å²) in [5.74, 6) is 1.40. The third-order valence-corrected chi connectivity index (χ3v) is 6.29. The van der Waals surface area contributed by atoms with Crippen LogP contribution in [0.5, 0.6) is 11.5 Å². The van der Waals surface area contributed by atoms with Gasteiger partial charge in [-0.25, -0.2) is 9.99 Å². The number of rotatable bonds is 6. The molecule has 6 nitrogen and oxygen atoms in total. The number of hydrogen-bond donors (Lipinski definition) is 1. The lowest BCUT2D eigenvalue weighted by atomic mass is 10.1. The maximum atomic E-state index is 12.9. The van der Waals surface area contributed by atoms with Gasteiger partial charge in [0, 0.05) is 25.0 Å². The highest BCUT2D eigenvalue weighted by atomic mass is 35.5. The normalized spacial score (nSPS) is 12.6. The minimum absolute atomic E-state index is 0.184. The highest BCUT2D eigenvalue weighted by Crippen LogP contribution is 2.36. The first-order chi connectivity index (χ1) is 14.4. The Morgan fingerprint density at radius 1 is 1.33 bits per heavy atom.